The van der Waals surface area contributed by atoms with Crippen molar-refractivity contribution >= 4 is 17.8 Å². The average molecular weight is 345 g/mol. The zero-order valence-electron chi connectivity index (χ0n) is 14.8. The smallest absolute Gasteiger partial charge is 0.339 e. The van der Waals surface area contributed by atoms with Crippen LogP contribution in [-0.2, 0) is 4.74 Å². The summed E-state index contributed by atoms with van der Waals surface area (Å²) in [4.78, 5) is 24.8. The van der Waals surface area contributed by atoms with Crippen molar-refractivity contribution in [3.63, 3.8) is 0 Å². The molecule has 2 aromatic rings. The highest BCUT2D eigenvalue weighted by atomic mass is 16.5. The van der Waals surface area contributed by atoms with Gasteiger partial charge < -0.3 is 19.1 Å². The zero-order chi connectivity index (χ0) is 17.8. The van der Waals surface area contributed by atoms with E-state index >= 15 is 0 Å². The van der Waals surface area contributed by atoms with Crippen LogP contribution in [0.15, 0.2) is 22.9 Å². The molecule has 1 aliphatic heterocycles. The highest BCUT2D eigenvalue weighted by molar-refractivity contribution is 5.89. The number of piperazine rings is 1. The summed E-state index contributed by atoms with van der Waals surface area (Å²) >= 11 is 0. The summed E-state index contributed by atoms with van der Waals surface area (Å²) < 4.78 is 10.3. The third-order valence-electron chi connectivity index (χ3n) is 4.08. The van der Waals surface area contributed by atoms with Crippen LogP contribution in [0.3, 0.4) is 0 Å². The maximum absolute atomic E-state index is 11.7. The lowest BCUT2D eigenvalue weighted by Crippen LogP contribution is -2.47. The molecule has 0 bridgehead atoms. The average Bonchev–Trinajstić information content (AvgIpc) is 3.13. The van der Waals surface area contributed by atoms with Gasteiger partial charge in [-0.25, -0.2) is 9.78 Å². The molecule has 8 nitrogen and oxygen atoms in total. The van der Waals surface area contributed by atoms with Gasteiger partial charge in [-0.15, -0.1) is 0 Å². The Balaban J connectivity index is 1.59. The van der Waals surface area contributed by atoms with E-state index in [-0.39, 0.29) is 11.9 Å². The van der Waals surface area contributed by atoms with Gasteiger partial charge in [0.2, 0.25) is 0 Å². The van der Waals surface area contributed by atoms with Crippen molar-refractivity contribution in [2.75, 3.05) is 42.6 Å². The van der Waals surface area contributed by atoms with Crippen molar-refractivity contribution in [2.45, 2.75) is 26.7 Å². The molecule has 2 aromatic heterocycles. The first-order valence-corrected chi connectivity index (χ1v) is 8.55. The van der Waals surface area contributed by atoms with Crippen LogP contribution < -0.4 is 9.80 Å². The highest BCUT2D eigenvalue weighted by Gasteiger charge is 2.23. The van der Waals surface area contributed by atoms with E-state index in [1.165, 1.54) is 0 Å². The summed E-state index contributed by atoms with van der Waals surface area (Å²) in [5.41, 5.74) is 0.469. The molecule has 0 atom stereocenters. The van der Waals surface area contributed by atoms with Gasteiger partial charge in [0.1, 0.15) is 5.82 Å². The number of nitrogens with zero attached hydrogens (tertiary/aromatic N) is 5. The number of esters is 1. The number of carbonyl (C=O) groups is 1. The van der Waals surface area contributed by atoms with E-state index in [9.17, 15) is 4.79 Å². The molecule has 0 aromatic carbocycles. The molecule has 3 rings (SSSR count). The molecule has 0 amide bonds. The van der Waals surface area contributed by atoms with Gasteiger partial charge in [-0.05, 0) is 19.1 Å². The number of rotatable bonds is 5. The number of anilines is 2. The number of pyridine rings is 1. The Bertz CT molecular complexity index is 705. The van der Waals surface area contributed by atoms with E-state index in [4.69, 9.17) is 9.26 Å². The predicted molar refractivity (Wildman–Crippen MR) is 93.0 cm³/mol. The van der Waals surface area contributed by atoms with Crippen LogP contribution in [-0.4, -0.2) is 53.9 Å². The summed E-state index contributed by atoms with van der Waals surface area (Å²) in [6, 6.07) is 4.18. The lowest BCUT2D eigenvalue weighted by atomic mass is 10.2. The van der Waals surface area contributed by atoms with E-state index in [1.807, 2.05) is 19.9 Å². The Kier molecular flexibility index (Phi) is 5.16. The predicted octanol–water partition coefficient (Wildman–Crippen LogP) is 2.09. The second-order valence-corrected chi connectivity index (χ2v) is 6.19. The Morgan fingerprint density at radius 3 is 2.52 bits per heavy atom. The van der Waals surface area contributed by atoms with E-state index in [1.54, 1.807) is 19.2 Å². The fourth-order valence-corrected chi connectivity index (χ4v) is 2.62. The molecule has 0 aliphatic carbocycles. The number of ether oxygens (including phenoxy) is 1. The van der Waals surface area contributed by atoms with Gasteiger partial charge in [0, 0.05) is 38.3 Å². The Hall–Kier alpha value is -2.64. The topological polar surface area (TPSA) is 84.6 Å². The van der Waals surface area contributed by atoms with Crippen molar-refractivity contribution in [1.29, 1.82) is 0 Å². The molecule has 1 fully saturated rings. The fourth-order valence-electron chi connectivity index (χ4n) is 2.62. The fraction of sp³-hybridized carbons (Fsp3) is 0.529. The van der Waals surface area contributed by atoms with E-state index in [0.29, 0.717) is 18.2 Å². The first kappa shape index (κ1) is 17.2. The van der Waals surface area contributed by atoms with Crippen LogP contribution >= 0.6 is 0 Å². The zero-order valence-corrected chi connectivity index (χ0v) is 14.8. The highest BCUT2D eigenvalue weighted by Crippen LogP contribution is 2.20. The third kappa shape index (κ3) is 3.89. The largest absolute Gasteiger partial charge is 0.462 e. The van der Waals surface area contributed by atoms with Crippen molar-refractivity contribution in [2.24, 2.45) is 0 Å². The molecular weight excluding hydrogens is 322 g/mol. The number of hydrogen-bond donors (Lipinski definition) is 0. The maximum atomic E-state index is 11.7. The molecule has 25 heavy (non-hydrogen) atoms. The molecule has 0 radical (unpaired) electrons. The molecule has 1 aliphatic rings. The number of carbonyl (C=O) groups excluding carboxylic acids is 1. The first-order chi connectivity index (χ1) is 12.1. The minimum absolute atomic E-state index is 0.251. The van der Waals surface area contributed by atoms with Gasteiger partial charge in [-0.1, -0.05) is 19.0 Å². The lowest BCUT2D eigenvalue weighted by Gasteiger charge is -2.34. The summed E-state index contributed by atoms with van der Waals surface area (Å²) in [7, 11) is 0. The molecule has 0 spiro atoms. The second-order valence-electron chi connectivity index (χ2n) is 6.19. The van der Waals surface area contributed by atoms with E-state index < -0.39 is 0 Å². The van der Waals surface area contributed by atoms with Gasteiger partial charge in [0.25, 0.3) is 0 Å². The first-order valence-electron chi connectivity index (χ1n) is 8.55. The minimum atomic E-state index is -0.344. The Morgan fingerprint density at radius 2 is 1.96 bits per heavy atom. The molecule has 8 heteroatoms. The van der Waals surface area contributed by atoms with Crippen LogP contribution in [0.4, 0.5) is 11.8 Å². The SMILES string of the molecule is CCOC(=O)c1ccc(N2CCN(c3nc(C(C)C)no3)CC2)nc1. The monoisotopic (exact) mass is 345 g/mol. The molecule has 0 saturated carbocycles. The molecule has 3 heterocycles. The van der Waals surface area contributed by atoms with Crippen molar-refractivity contribution in [1.82, 2.24) is 15.1 Å². The summed E-state index contributed by atoms with van der Waals surface area (Å²) in [6.45, 7) is 9.37. The van der Waals surface area contributed by atoms with Crippen LogP contribution in [0.2, 0.25) is 0 Å². The summed E-state index contributed by atoms with van der Waals surface area (Å²) in [5, 5.41) is 4.01. The Morgan fingerprint density at radius 1 is 1.24 bits per heavy atom. The van der Waals surface area contributed by atoms with Crippen molar-refractivity contribution < 1.29 is 14.1 Å². The Labute approximate surface area is 146 Å². The van der Waals surface area contributed by atoms with Gasteiger partial charge in [0.15, 0.2) is 5.82 Å². The summed E-state index contributed by atoms with van der Waals surface area (Å²) in [5.74, 6) is 1.49. The van der Waals surface area contributed by atoms with Crippen LogP contribution in [0.25, 0.3) is 0 Å². The van der Waals surface area contributed by atoms with Gasteiger partial charge in [-0.2, -0.15) is 4.98 Å². The molecule has 0 unspecified atom stereocenters. The van der Waals surface area contributed by atoms with Gasteiger partial charge >= 0.3 is 12.0 Å². The van der Waals surface area contributed by atoms with Crippen LogP contribution in [0.5, 0.6) is 0 Å². The van der Waals surface area contributed by atoms with Crippen LogP contribution in [0.1, 0.15) is 42.9 Å². The quantitative estimate of drug-likeness (QED) is 0.762. The van der Waals surface area contributed by atoms with Gasteiger partial charge in [0.05, 0.1) is 12.2 Å². The van der Waals surface area contributed by atoms with E-state index in [2.05, 4.69) is 24.9 Å². The van der Waals surface area contributed by atoms with Crippen molar-refractivity contribution in [3.05, 3.63) is 29.7 Å². The van der Waals surface area contributed by atoms with E-state index in [0.717, 1.165) is 37.8 Å². The maximum Gasteiger partial charge on any atom is 0.339 e. The van der Waals surface area contributed by atoms with Crippen LogP contribution in [0, 0.1) is 0 Å². The molecular formula is C17H23N5O3. The van der Waals surface area contributed by atoms with Crippen molar-refractivity contribution in [3.8, 4) is 0 Å². The van der Waals surface area contributed by atoms with Gasteiger partial charge in [-0.3, -0.25) is 0 Å². The lowest BCUT2D eigenvalue weighted by molar-refractivity contribution is 0.0526. The minimum Gasteiger partial charge on any atom is -0.462 e. The second kappa shape index (κ2) is 7.50. The molecule has 134 valence electrons. The molecule has 1 saturated heterocycles. The number of hydrogen-bond acceptors (Lipinski definition) is 8. The molecule has 0 N–H and O–H groups in total. The third-order valence-corrected chi connectivity index (χ3v) is 4.08. The standard InChI is InChI=1S/C17H23N5O3/c1-4-24-16(23)13-5-6-14(18-11-13)21-7-9-22(10-8-21)17-19-15(12(2)3)20-25-17/h5-6,11-12H,4,7-10H2,1-3H3. The number of aromatic nitrogens is 3. The summed E-state index contributed by atoms with van der Waals surface area (Å²) in [6.07, 6.45) is 1.56. The normalized spacial score (nSPS) is 14.9.